The van der Waals surface area contributed by atoms with Crippen LogP contribution in [0.15, 0.2) is 41.3 Å². The van der Waals surface area contributed by atoms with Crippen molar-refractivity contribution in [1.82, 2.24) is 9.21 Å². The number of piperazine rings is 1. The Balaban J connectivity index is 1.84. The van der Waals surface area contributed by atoms with E-state index in [2.05, 4.69) is 12.1 Å². The van der Waals surface area contributed by atoms with Crippen LogP contribution in [-0.2, 0) is 21.2 Å². The van der Waals surface area contributed by atoms with Crippen LogP contribution in [0.2, 0.25) is 0 Å². The van der Waals surface area contributed by atoms with Gasteiger partial charge in [-0.05, 0) is 63.8 Å². The van der Waals surface area contributed by atoms with Gasteiger partial charge < -0.3 is 0 Å². The molecule has 0 N–H and O–H groups in total. The number of carbonyl (C=O) groups is 1. The van der Waals surface area contributed by atoms with E-state index in [9.17, 15) is 23.3 Å². The Morgan fingerprint density at radius 1 is 1.15 bits per heavy atom. The average molecular weight is 474 g/mol. The summed E-state index contributed by atoms with van der Waals surface area (Å²) in [7, 11) is -4.05. The average Bonchev–Trinajstić information content (AvgIpc) is 2.72. The fourth-order valence-electron chi connectivity index (χ4n) is 4.82. The summed E-state index contributed by atoms with van der Waals surface area (Å²) >= 11 is 0. The molecule has 1 saturated heterocycles. The number of nitro benzene ring substituents is 1. The van der Waals surface area contributed by atoms with E-state index in [0.29, 0.717) is 19.5 Å². The number of nitro groups is 1. The first-order valence-corrected chi connectivity index (χ1v) is 12.4. The third kappa shape index (κ3) is 5.15. The van der Waals surface area contributed by atoms with Crippen molar-refractivity contribution in [3.8, 4) is 0 Å². The van der Waals surface area contributed by atoms with Crippen LogP contribution in [0.1, 0.15) is 36.1 Å². The van der Waals surface area contributed by atoms with E-state index < -0.39 is 26.7 Å². The molecule has 0 aromatic heterocycles. The second-order valence-electron chi connectivity index (χ2n) is 8.89. The molecule has 1 aliphatic heterocycles. The Morgan fingerprint density at radius 3 is 2.30 bits per heavy atom. The van der Waals surface area contributed by atoms with Crippen molar-refractivity contribution >= 4 is 21.5 Å². The number of aryl methyl sites for hydroxylation is 3. The summed E-state index contributed by atoms with van der Waals surface area (Å²) in [6.45, 7) is 10.4. The molecule has 178 valence electrons. The van der Waals surface area contributed by atoms with Crippen molar-refractivity contribution in [1.29, 1.82) is 0 Å². The highest BCUT2D eigenvalue weighted by Crippen LogP contribution is 2.30. The smallest absolute Gasteiger partial charge is 0.289 e. The fraction of sp³-hybridized carbons (Fsp3) is 0.458. The molecule has 2 aromatic rings. The number of Topliss-reactive ketones (excluding diaryl/α,β-unsaturated/α-hetero) is 1. The Morgan fingerprint density at radius 2 is 1.76 bits per heavy atom. The molecular formula is C24H31N3O5S. The van der Waals surface area contributed by atoms with Gasteiger partial charge in [-0.15, -0.1) is 0 Å². The molecule has 1 heterocycles. The largest absolute Gasteiger partial charge is 0.298 e. The molecule has 1 aliphatic rings. The number of carbonyl (C=O) groups excluding carboxylic acids is 1. The zero-order valence-electron chi connectivity index (χ0n) is 19.7. The maximum Gasteiger partial charge on any atom is 0.289 e. The Labute approximate surface area is 195 Å². The van der Waals surface area contributed by atoms with Gasteiger partial charge in [0, 0.05) is 31.7 Å². The van der Waals surface area contributed by atoms with Crippen LogP contribution in [-0.4, -0.2) is 60.0 Å². The third-order valence-electron chi connectivity index (χ3n) is 6.39. The molecule has 33 heavy (non-hydrogen) atoms. The monoisotopic (exact) mass is 473 g/mol. The predicted octanol–water partition coefficient (Wildman–Crippen LogP) is 3.42. The van der Waals surface area contributed by atoms with Gasteiger partial charge in [-0.2, -0.15) is 4.31 Å². The summed E-state index contributed by atoms with van der Waals surface area (Å²) in [5.74, 6) is 0.0385. The van der Waals surface area contributed by atoms with Crippen LogP contribution >= 0.6 is 0 Å². The van der Waals surface area contributed by atoms with Gasteiger partial charge >= 0.3 is 0 Å². The highest BCUT2D eigenvalue weighted by atomic mass is 32.2. The number of sulfonamides is 1. The first-order valence-electron chi connectivity index (χ1n) is 11.0. The lowest BCUT2D eigenvalue weighted by Gasteiger charge is -2.42. The van der Waals surface area contributed by atoms with Crippen LogP contribution in [0.4, 0.5) is 5.69 Å². The number of hydrogen-bond acceptors (Lipinski definition) is 6. The van der Waals surface area contributed by atoms with Crippen LogP contribution in [0.5, 0.6) is 0 Å². The molecule has 2 atom stereocenters. The van der Waals surface area contributed by atoms with E-state index >= 15 is 0 Å². The summed E-state index contributed by atoms with van der Waals surface area (Å²) in [6, 6.07) is 8.83. The lowest BCUT2D eigenvalue weighted by molar-refractivity contribution is -0.387. The van der Waals surface area contributed by atoms with E-state index in [-0.39, 0.29) is 23.3 Å². The molecule has 9 heteroatoms. The lowest BCUT2D eigenvalue weighted by atomic mass is 9.92. The van der Waals surface area contributed by atoms with Crippen LogP contribution in [0.25, 0.3) is 0 Å². The summed E-state index contributed by atoms with van der Waals surface area (Å²) in [6.07, 6.45) is 0.566. The highest BCUT2D eigenvalue weighted by molar-refractivity contribution is 7.89. The van der Waals surface area contributed by atoms with Crippen LogP contribution < -0.4 is 0 Å². The van der Waals surface area contributed by atoms with Crippen molar-refractivity contribution in [3.05, 3.63) is 68.8 Å². The number of benzene rings is 2. The molecule has 0 amide bonds. The molecular weight excluding hydrogens is 442 g/mol. The Bertz CT molecular complexity index is 1160. The topological polar surface area (TPSA) is 101 Å². The summed E-state index contributed by atoms with van der Waals surface area (Å²) in [4.78, 5) is 25.1. The van der Waals surface area contributed by atoms with Crippen molar-refractivity contribution in [2.75, 3.05) is 19.6 Å². The second-order valence-corrected chi connectivity index (χ2v) is 10.8. The highest BCUT2D eigenvalue weighted by Gasteiger charge is 2.39. The zero-order valence-corrected chi connectivity index (χ0v) is 20.6. The second kappa shape index (κ2) is 9.70. The van der Waals surface area contributed by atoms with Gasteiger partial charge in [0.05, 0.1) is 11.0 Å². The van der Waals surface area contributed by atoms with E-state index in [1.807, 2.05) is 25.7 Å². The Hall–Kier alpha value is -2.62. The summed E-state index contributed by atoms with van der Waals surface area (Å²) < 4.78 is 27.9. The first-order chi connectivity index (χ1) is 15.4. The minimum Gasteiger partial charge on any atom is -0.298 e. The van der Waals surface area contributed by atoms with Gasteiger partial charge in [-0.3, -0.25) is 19.8 Å². The molecule has 0 spiro atoms. The minimum atomic E-state index is -4.05. The molecule has 1 fully saturated rings. The van der Waals surface area contributed by atoms with Crippen molar-refractivity contribution in [2.24, 2.45) is 0 Å². The molecule has 0 bridgehead atoms. The van der Waals surface area contributed by atoms with Gasteiger partial charge in [0.1, 0.15) is 5.78 Å². The van der Waals surface area contributed by atoms with E-state index in [0.717, 1.165) is 16.7 Å². The van der Waals surface area contributed by atoms with Crippen molar-refractivity contribution in [3.63, 3.8) is 0 Å². The van der Waals surface area contributed by atoms with E-state index in [4.69, 9.17) is 0 Å². The van der Waals surface area contributed by atoms with Crippen molar-refractivity contribution in [2.45, 2.75) is 58.0 Å². The molecule has 8 nitrogen and oxygen atoms in total. The maximum absolute atomic E-state index is 13.3. The van der Waals surface area contributed by atoms with Crippen molar-refractivity contribution < 1.29 is 18.1 Å². The SMILES string of the molecule is CC(=O)[C@H](Cc1c(C)cc(C)cc1C)N1CCN(S(=O)(=O)c2ccccc2[N+](=O)[O-])[C@@H](C)C1. The van der Waals surface area contributed by atoms with Crippen LogP contribution in [0, 0.1) is 30.9 Å². The number of para-hydroxylation sites is 1. The molecule has 2 aromatic carbocycles. The quantitative estimate of drug-likeness (QED) is 0.451. The molecule has 0 saturated carbocycles. The van der Waals surface area contributed by atoms with Gasteiger partial charge in [0.15, 0.2) is 4.90 Å². The zero-order chi connectivity index (χ0) is 24.5. The fourth-order valence-corrected chi connectivity index (χ4v) is 6.59. The van der Waals surface area contributed by atoms with Gasteiger partial charge in [0.2, 0.25) is 10.0 Å². The third-order valence-corrected chi connectivity index (χ3v) is 8.46. The Kier molecular flexibility index (Phi) is 7.36. The first kappa shape index (κ1) is 25.0. The number of ketones is 1. The molecule has 0 unspecified atom stereocenters. The van der Waals surface area contributed by atoms with E-state index in [1.54, 1.807) is 13.8 Å². The number of nitrogens with zero attached hydrogens (tertiary/aromatic N) is 3. The molecule has 0 radical (unpaired) electrons. The number of hydrogen-bond donors (Lipinski definition) is 0. The van der Waals surface area contributed by atoms with Crippen LogP contribution in [0.3, 0.4) is 0 Å². The normalized spacial score (nSPS) is 18.8. The lowest BCUT2D eigenvalue weighted by Crippen LogP contribution is -2.58. The number of rotatable bonds is 7. The molecule has 3 rings (SSSR count). The standard InChI is InChI=1S/C24H31N3O5S/c1-16-12-17(2)21(18(3)13-16)14-23(20(5)28)25-10-11-26(19(4)15-25)33(31,32)24-9-7-6-8-22(24)27(29)30/h6-9,12-13,19,23H,10-11,14-15H2,1-5H3/t19-,23-/m0/s1. The summed E-state index contributed by atoms with van der Waals surface area (Å²) in [5.41, 5.74) is 4.17. The van der Waals surface area contributed by atoms with Gasteiger partial charge in [0.25, 0.3) is 5.69 Å². The van der Waals surface area contributed by atoms with E-state index in [1.165, 1.54) is 34.1 Å². The van der Waals surface area contributed by atoms with Gasteiger partial charge in [-0.25, -0.2) is 8.42 Å². The van der Waals surface area contributed by atoms with Gasteiger partial charge in [-0.1, -0.05) is 29.8 Å². The maximum atomic E-state index is 13.3. The molecule has 0 aliphatic carbocycles. The summed E-state index contributed by atoms with van der Waals surface area (Å²) in [5, 5.41) is 11.4. The predicted molar refractivity (Wildman–Crippen MR) is 127 cm³/mol. The minimum absolute atomic E-state index is 0.0385.